The molecule has 0 aliphatic rings. The Kier molecular flexibility index (Phi) is 10.7. The zero-order chi connectivity index (χ0) is 6.41. The Hall–Kier alpha value is 0.1000. The molecule has 0 bridgehead atoms. The van der Waals surface area contributed by atoms with Crippen LogP contribution in [0.2, 0.25) is 0 Å². The fourth-order valence-corrected chi connectivity index (χ4v) is 0.420. The van der Waals surface area contributed by atoms with E-state index in [0.717, 1.165) is 12.2 Å². The lowest BCUT2D eigenvalue weighted by atomic mass is 10.5. The van der Waals surface area contributed by atoms with Crippen molar-refractivity contribution < 1.29 is 0 Å². The van der Waals surface area contributed by atoms with E-state index in [9.17, 15) is 0 Å². The molecular formula is C4H12BrN3S. The smallest absolute Gasteiger partial charge is 0.185 e. The van der Waals surface area contributed by atoms with Crippen molar-refractivity contribution in [3.63, 3.8) is 0 Å². The highest BCUT2D eigenvalue weighted by molar-refractivity contribution is 8.93. The predicted octanol–water partition coefficient (Wildman–Crippen LogP) is 0.158. The molecule has 0 amide bonds. The van der Waals surface area contributed by atoms with E-state index in [1.807, 2.05) is 0 Å². The maximum Gasteiger partial charge on any atom is 0.185 e. The summed E-state index contributed by atoms with van der Waals surface area (Å²) in [5, 5.41) is 0. The molecule has 9 heavy (non-hydrogen) atoms. The van der Waals surface area contributed by atoms with Crippen molar-refractivity contribution in [3.05, 3.63) is 0 Å². The van der Waals surface area contributed by atoms with Crippen molar-refractivity contribution in [1.29, 1.82) is 0 Å². The molecule has 0 unspecified atom stereocenters. The highest BCUT2D eigenvalue weighted by atomic mass is 79.9. The number of thiol groups is 1. The van der Waals surface area contributed by atoms with Crippen LogP contribution < -0.4 is 11.5 Å². The Labute approximate surface area is 71.1 Å². The van der Waals surface area contributed by atoms with Gasteiger partial charge in [-0.25, -0.2) is 0 Å². The van der Waals surface area contributed by atoms with Crippen LogP contribution in [0.3, 0.4) is 0 Å². The first-order valence-electron chi connectivity index (χ1n) is 2.43. The third-order valence-corrected chi connectivity index (χ3v) is 0.927. The number of hydrogen-bond acceptors (Lipinski definition) is 2. The van der Waals surface area contributed by atoms with Crippen LogP contribution in [0.5, 0.6) is 0 Å². The molecule has 4 N–H and O–H groups in total. The van der Waals surface area contributed by atoms with Gasteiger partial charge in [-0.3, -0.25) is 4.99 Å². The lowest BCUT2D eigenvalue weighted by Crippen LogP contribution is -2.22. The van der Waals surface area contributed by atoms with Crippen LogP contribution in [0.1, 0.15) is 6.42 Å². The molecule has 0 aliphatic heterocycles. The third kappa shape index (κ3) is 11.6. The summed E-state index contributed by atoms with van der Waals surface area (Å²) in [6.07, 6.45) is 0.932. The maximum absolute atomic E-state index is 5.04. The summed E-state index contributed by atoms with van der Waals surface area (Å²) in [5.41, 5.74) is 10.1. The molecule has 0 aromatic rings. The van der Waals surface area contributed by atoms with Gasteiger partial charge in [0.1, 0.15) is 0 Å². The van der Waals surface area contributed by atoms with E-state index in [1.165, 1.54) is 0 Å². The summed E-state index contributed by atoms with van der Waals surface area (Å²) in [5.74, 6) is 0.989. The summed E-state index contributed by atoms with van der Waals surface area (Å²) >= 11 is 3.97. The molecule has 0 aliphatic carbocycles. The van der Waals surface area contributed by atoms with Crippen LogP contribution in [0.25, 0.3) is 0 Å². The van der Waals surface area contributed by atoms with Gasteiger partial charge in [0.25, 0.3) is 0 Å². The number of hydrogen-bond donors (Lipinski definition) is 3. The zero-order valence-electron chi connectivity index (χ0n) is 5.08. The third-order valence-electron chi connectivity index (χ3n) is 0.611. The molecule has 0 spiro atoms. The van der Waals surface area contributed by atoms with Gasteiger partial charge in [-0.2, -0.15) is 12.6 Å². The Morgan fingerprint density at radius 2 is 2.00 bits per heavy atom. The van der Waals surface area contributed by atoms with Gasteiger partial charge in [0, 0.05) is 6.54 Å². The number of halogens is 1. The molecule has 0 heterocycles. The lowest BCUT2D eigenvalue weighted by Gasteiger charge is -1.89. The molecule has 0 aromatic heterocycles. The number of aliphatic imine (C=N–C) groups is 1. The first-order chi connectivity index (χ1) is 3.77. The zero-order valence-corrected chi connectivity index (χ0v) is 7.69. The second kappa shape index (κ2) is 8.10. The number of nitrogens with zero attached hydrogens (tertiary/aromatic N) is 1. The minimum absolute atomic E-state index is 0. The summed E-state index contributed by atoms with van der Waals surface area (Å²) < 4.78 is 0. The van der Waals surface area contributed by atoms with Crippen LogP contribution in [0.4, 0.5) is 0 Å². The molecule has 0 aromatic carbocycles. The van der Waals surface area contributed by atoms with E-state index in [4.69, 9.17) is 11.5 Å². The maximum atomic E-state index is 5.04. The van der Waals surface area contributed by atoms with Crippen molar-refractivity contribution in [2.75, 3.05) is 12.3 Å². The summed E-state index contributed by atoms with van der Waals surface area (Å²) in [7, 11) is 0. The second-order valence-corrected chi connectivity index (χ2v) is 1.83. The fourth-order valence-electron chi connectivity index (χ4n) is 0.279. The monoisotopic (exact) mass is 213 g/mol. The van der Waals surface area contributed by atoms with Crippen LogP contribution in [-0.2, 0) is 0 Å². The van der Waals surface area contributed by atoms with Crippen LogP contribution in [-0.4, -0.2) is 18.3 Å². The Bertz CT molecular complexity index is 81.9. The first kappa shape index (κ1) is 11.8. The van der Waals surface area contributed by atoms with Crippen molar-refractivity contribution in [1.82, 2.24) is 0 Å². The van der Waals surface area contributed by atoms with Crippen molar-refractivity contribution in [3.8, 4) is 0 Å². The van der Waals surface area contributed by atoms with Gasteiger partial charge in [0.15, 0.2) is 5.96 Å². The van der Waals surface area contributed by atoms with Gasteiger partial charge in [-0.15, -0.1) is 17.0 Å². The standard InChI is InChI=1S/C4H11N3S.BrH/c5-4(6)7-2-1-3-8;/h8H,1-3H2,(H4,5,6,7);1H. The van der Waals surface area contributed by atoms with Gasteiger partial charge in [-0.05, 0) is 12.2 Å². The summed E-state index contributed by atoms with van der Waals surface area (Å²) in [4.78, 5) is 3.74. The average Bonchev–Trinajstić information content (AvgIpc) is 1.66. The molecule has 0 saturated heterocycles. The van der Waals surface area contributed by atoms with E-state index in [2.05, 4.69) is 17.6 Å². The Balaban J connectivity index is 0. The number of rotatable bonds is 3. The van der Waals surface area contributed by atoms with Crippen LogP contribution in [0.15, 0.2) is 4.99 Å². The largest absolute Gasteiger partial charge is 0.370 e. The quantitative estimate of drug-likeness (QED) is 0.271. The molecule has 5 heteroatoms. The van der Waals surface area contributed by atoms with E-state index >= 15 is 0 Å². The molecule has 3 nitrogen and oxygen atoms in total. The Morgan fingerprint density at radius 1 is 1.44 bits per heavy atom. The topological polar surface area (TPSA) is 64.4 Å². The molecule has 56 valence electrons. The van der Waals surface area contributed by atoms with Crippen molar-refractivity contribution in [2.24, 2.45) is 16.5 Å². The van der Waals surface area contributed by atoms with Crippen LogP contribution >= 0.6 is 29.6 Å². The Morgan fingerprint density at radius 3 is 2.33 bits per heavy atom. The molecule has 0 atom stereocenters. The first-order valence-corrected chi connectivity index (χ1v) is 3.07. The molecule has 0 radical (unpaired) electrons. The minimum Gasteiger partial charge on any atom is -0.370 e. The van der Waals surface area contributed by atoms with Crippen molar-refractivity contribution >= 4 is 35.6 Å². The van der Waals surface area contributed by atoms with E-state index < -0.39 is 0 Å². The van der Waals surface area contributed by atoms with Gasteiger partial charge in [0.2, 0.25) is 0 Å². The summed E-state index contributed by atoms with van der Waals surface area (Å²) in [6, 6.07) is 0. The highest BCUT2D eigenvalue weighted by Gasteiger charge is 1.79. The second-order valence-electron chi connectivity index (χ2n) is 1.38. The van der Waals surface area contributed by atoms with Gasteiger partial charge in [0.05, 0.1) is 0 Å². The van der Waals surface area contributed by atoms with E-state index in [-0.39, 0.29) is 22.9 Å². The van der Waals surface area contributed by atoms with Gasteiger partial charge >= 0.3 is 0 Å². The van der Waals surface area contributed by atoms with Crippen molar-refractivity contribution in [2.45, 2.75) is 6.42 Å². The molecule has 0 fully saturated rings. The molecule has 0 rings (SSSR count). The fraction of sp³-hybridized carbons (Fsp3) is 0.750. The average molecular weight is 214 g/mol. The minimum atomic E-state index is 0. The van der Waals surface area contributed by atoms with Gasteiger partial charge in [-0.1, -0.05) is 0 Å². The molecule has 0 saturated carbocycles. The van der Waals surface area contributed by atoms with Crippen LogP contribution in [0, 0.1) is 0 Å². The van der Waals surface area contributed by atoms with E-state index in [0.29, 0.717) is 6.54 Å². The lowest BCUT2D eigenvalue weighted by molar-refractivity contribution is 0.941. The SMILES string of the molecule is Br.NC(N)=NCCCS. The predicted molar refractivity (Wildman–Crippen MR) is 49.5 cm³/mol. The van der Waals surface area contributed by atoms with Gasteiger partial charge < -0.3 is 11.5 Å². The number of nitrogens with two attached hydrogens (primary N) is 2. The molecular weight excluding hydrogens is 202 g/mol. The normalized spacial score (nSPS) is 7.67. The number of guanidine groups is 1. The summed E-state index contributed by atoms with van der Waals surface area (Å²) in [6.45, 7) is 0.686. The highest BCUT2D eigenvalue weighted by Crippen LogP contribution is 1.82. The van der Waals surface area contributed by atoms with E-state index in [1.54, 1.807) is 0 Å².